The van der Waals surface area contributed by atoms with E-state index in [1.54, 1.807) is 20.1 Å². The second-order valence-corrected chi connectivity index (χ2v) is 4.40. The van der Waals surface area contributed by atoms with Gasteiger partial charge < -0.3 is 14.6 Å². The van der Waals surface area contributed by atoms with Crippen molar-refractivity contribution < 1.29 is 19.4 Å². The summed E-state index contributed by atoms with van der Waals surface area (Å²) in [4.78, 5) is 11.3. The molecule has 0 unspecified atom stereocenters. The maximum absolute atomic E-state index is 11.3. The van der Waals surface area contributed by atoms with E-state index in [9.17, 15) is 9.90 Å². The number of carbonyl (C=O) groups is 1. The quantitative estimate of drug-likeness (QED) is 0.895. The normalized spacial score (nSPS) is 10.4. The fraction of sp³-hybridized carbons (Fsp3) is 0.286. The molecule has 1 aromatic carbocycles. The summed E-state index contributed by atoms with van der Waals surface area (Å²) >= 11 is 0. The van der Waals surface area contributed by atoms with Gasteiger partial charge in [0.1, 0.15) is 0 Å². The van der Waals surface area contributed by atoms with Crippen LogP contribution in [0, 0.1) is 13.8 Å². The third-order valence-corrected chi connectivity index (χ3v) is 3.15. The lowest BCUT2D eigenvalue weighted by atomic mass is 9.98. The zero-order chi connectivity index (χ0) is 14.9. The molecule has 6 heteroatoms. The van der Waals surface area contributed by atoms with Crippen LogP contribution in [0.4, 0.5) is 0 Å². The van der Waals surface area contributed by atoms with Crippen LogP contribution in [0.3, 0.4) is 0 Å². The number of benzene rings is 1. The van der Waals surface area contributed by atoms with Gasteiger partial charge in [0.2, 0.25) is 0 Å². The van der Waals surface area contributed by atoms with E-state index in [0.717, 1.165) is 11.1 Å². The summed E-state index contributed by atoms with van der Waals surface area (Å²) in [6.07, 6.45) is 0. The van der Waals surface area contributed by atoms with Crippen LogP contribution in [0.2, 0.25) is 0 Å². The maximum Gasteiger partial charge on any atom is 0.357 e. The standard InChI is InChI=1S/C14H16N2O4/c1-7-5-10(19-3)11(20-4)6-9(7)12-8(2)15-16-13(12)14(17)18/h5-6H,1-4H3,(H,15,16)(H,17,18). The van der Waals surface area contributed by atoms with Gasteiger partial charge in [0, 0.05) is 11.3 Å². The first-order valence-corrected chi connectivity index (χ1v) is 6.00. The number of H-pyrrole nitrogens is 1. The molecule has 0 atom stereocenters. The van der Waals surface area contributed by atoms with Gasteiger partial charge in [-0.05, 0) is 37.1 Å². The second-order valence-electron chi connectivity index (χ2n) is 4.40. The molecular formula is C14H16N2O4. The van der Waals surface area contributed by atoms with Crippen LogP contribution in [-0.2, 0) is 0 Å². The van der Waals surface area contributed by atoms with Crippen molar-refractivity contribution in [2.75, 3.05) is 14.2 Å². The van der Waals surface area contributed by atoms with E-state index in [-0.39, 0.29) is 5.69 Å². The molecule has 20 heavy (non-hydrogen) atoms. The predicted molar refractivity (Wildman–Crippen MR) is 73.6 cm³/mol. The molecule has 2 aromatic rings. The third-order valence-electron chi connectivity index (χ3n) is 3.15. The van der Waals surface area contributed by atoms with Crippen LogP contribution in [0.1, 0.15) is 21.7 Å². The minimum absolute atomic E-state index is 0.00202. The average molecular weight is 276 g/mol. The van der Waals surface area contributed by atoms with Gasteiger partial charge in [-0.3, -0.25) is 5.10 Å². The summed E-state index contributed by atoms with van der Waals surface area (Å²) in [6, 6.07) is 3.57. The van der Waals surface area contributed by atoms with Gasteiger partial charge in [0.15, 0.2) is 17.2 Å². The van der Waals surface area contributed by atoms with E-state index in [1.807, 2.05) is 13.0 Å². The Balaban J connectivity index is 2.70. The van der Waals surface area contributed by atoms with Crippen LogP contribution in [0.5, 0.6) is 11.5 Å². The zero-order valence-electron chi connectivity index (χ0n) is 11.8. The highest BCUT2D eigenvalue weighted by Crippen LogP contribution is 2.37. The number of aromatic carboxylic acids is 1. The first kappa shape index (κ1) is 13.9. The number of nitrogens with one attached hydrogen (secondary N) is 1. The Morgan fingerprint density at radius 2 is 1.80 bits per heavy atom. The number of aromatic nitrogens is 2. The van der Waals surface area contributed by atoms with Gasteiger partial charge in [-0.1, -0.05) is 0 Å². The van der Waals surface area contributed by atoms with E-state index in [0.29, 0.717) is 22.8 Å². The molecule has 0 radical (unpaired) electrons. The Kier molecular flexibility index (Phi) is 3.65. The molecule has 2 rings (SSSR count). The summed E-state index contributed by atoms with van der Waals surface area (Å²) in [6.45, 7) is 3.67. The van der Waals surface area contributed by atoms with Crippen molar-refractivity contribution in [1.82, 2.24) is 10.2 Å². The summed E-state index contributed by atoms with van der Waals surface area (Å²) in [7, 11) is 3.10. The Morgan fingerprint density at radius 3 is 2.35 bits per heavy atom. The Bertz CT molecular complexity index is 661. The molecule has 6 nitrogen and oxygen atoms in total. The fourth-order valence-electron chi connectivity index (χ4n) is 2.16. The lowest BCUT2D eigenvalue weighted by molar-refractivity contribution is 0.0691. The molecule has 0 spiro atoms. The van der Waals surface area contributed by atoms with Crippen LogP contribution >= 0.6 is 0 Å². The van der Waals surface area contributed by atoms with Crippen molar-refractivity contribution in [1.29, 1.82) is 0 Å². The molecule has 1 aromatic heterocycles. The number of carboxylic acid groups (broad SMARTS) is 1. The van der Waals surface area contributed by atoms with E-state index in [4.69, 9.17) is 9.47 Å². The monoisotopic (exact) mass is 276 g/mol. The number of aryl methyl sites for hydroxylation is 2. The van der Waals surface area contributed by atoms with Gasteiger partial charge in [-0.15, -0.1) is 0 Å². The number of hydrogen-bond acceptors (Lipinski definition) is 4. The van der Waals surface area contributed by atoms with Crippen LogP contribution in [0.25, 0.3) is 11.1 Å². The minimum atomic E-state index is -1.07. The van der Waals surface area contributed by atoms with Crippen LogP contribution < -0.4 is 9.47 Å². The lowest BCUT2D eigenvalue weighted by Crippen LogP contribution is -2.01. The predicted octanol–water partition coefficient (Wildman–Crippen LogP) is 2.41. The number of nitrogens with zero attached hydrogens (tertiary/aromatic N) is 1. The van der Waals surface area contributed by atoms with E-state index >= 15 is 0 Å². The minimum Gasteiger partial charge on any atom is -0.493 e. The first-order chi connectivity index (χ1) is 9.49. The highest BCUT2D eigenvalue weighted by atomic mass is 16.5. The van der Waals surface area contributed by atoms with Crippen molar-refractivity contribution in [2.45, 2.75) is 13.8 Å². The molecular weight excluding hydrogens is 260 g/mol. The smallest absolute Gasteiger partial charge is 0.357 e. The first-order valence-electron chi connectivity index (χ1n) is 6.00. The zero-order valence-corrected chi connectivity index (χ0v) is 11.8. The number of hydrogen-bond donors (Lipinski definition) is 2. The molecule has 0 bridgehead atoms. The number of rotatable bonds is 4. The number of carboxylic acids is 1. The van der Waals surface area contributed by atoms with E-state index < -0.39 is 5.97 Å². The van der Waals surface area contributed by atoms with Crippen molar-refractivity contribution in [3.8, 4) is 22.6 Å². The highest BCUT2D eigenvalue weighted by Gasteiger charge is 2.21. The topological polar surface area (TPSA) is 84.4 Å². The summed E-state index contributed by atoms with van der Waals surface area (Å²) in [5.41, 5.74) is 2.90. The number of aromatic amines is 1. The van der Waals surface area contributed by atoms with E-state index in [1.165, 1.54) is 7.11 Å². The van der Waals surface area contributed by atoms with Crippen molar-refractivity contribution >= 4 is 5.97 Å². The Labute approximate surface area is 116 Å². The van der Waals surface area contributed by atoms with Crippen molar-refractivity contribution in [2.24, 2.45) is 0 Å². The molecule has 0 saturated heterocycles. The Morgan fingerprint density at radius 1 is 1.20 bits per heavy atom. The van der Waals surface area contributed by atoms with Gasteiger partial charge in [-0.25, -0.2) is 4.79 Å². The number of ether oxygens (including phenoxy) is 2. The third kappa shape index (κ3) is 2.20. The summed E-state index contributed by atoms with van der Waals surface area (Å²) in [5.74, 6) is 0.0790. The molecule has 0 aliphatic heterocycles. The largest absolute Gasteiger partial charge is 0.493 e. The van der Waals surface area contributed by atoms with E-state index in [2.05, 4.69) is 10.2 Å². The molecule has 1 heterocycles. The molecule has 0 saturated carbocycles. The van der Waals surface area contributed by atoms with Crippen LogP contribution in [-0.4, -0.2) is 35.5 Å². The van der Waals surface area contributed by atoms with Crippen molar-refractivity contribution in [3.63, 3.8) is 0 Å². The van der Waals surface area contributed by atoms with Gasteiger partial charge >= 0.3 is 5.97 Å². The Hall–Kier alpha value is -2.50. The summed E-state index contributed by atoms with van der Waals surface area (Å²) < 4.78 is 10.5. The molecule has 106 valence electrons. The molecule has 0 fully saturated rings. The lowest BCUT2D eigenvalue weighted by Gasteiger charge is -2.13. The number of methoxy groups -OCH3 is 2. The van der Waals surface area contributed by atoms with Gasteiger partial charge in [0.25, 0.3) is 0 Å². The molecule has 0 aliphatic carbocycles. The fourth-order valence-corrected chi connectivity index (χ4v) is 2.16. The highest BCUT2D eigenvalue weighted by molar-refractivity contribution is 5.95. The summed E-state index contributed by atoms with van der Waals surface area (Å²) in [5, 5.41) is 15.8. The van der Waals surface area contributed by atoms with Gasteiger partial charge in [-0.2, -0.15) is 5.10 Å². The SMILES string of the molecule is COc1cc(C)c(-c2c(C(=O)O)n[nH]c2C)cc1OC. The van der Waals surface area contributed by atoms with Crippen molar-refractivity contribution in [3.05, 3.63) is 29.1 Å². The van der Waals surface area contributed by atoms with Gasteiger partial charge in [0.05, 0.1) is 14.2 Å². The van der Waals surface area contributed by atoms with Crippen LogP contribution in [0.15, 0.2) is 12.1 Å². The molecule has 0 amide bonds. The second kappa shape index (κ2) is 5.24. The molecule has 2 N–H and O–H groups in total. The molecule has 0 aliphatic rings. The maximum atomic E-state index is 11.3. The average Bonchev–Trinajstić information content (AvgIpc) is 2.80.